The molecular formula is C54H39NS. The van der Waals surface area contributed by atoms with E-state index >= 15 is 0 Å². The van der Waals surface area contributed by atoms with E-state index in [0.29, 0.717) is 0 Å². The molecule has 1 heterocycles. The van der Waals surface area contributed by atoms with Crippen LogP contribution in [-0.2, 0) is 0 Å². The van der Waals surface area contributed by atoms with E-state index in [2.05, 4.69) is 241 Å². The average molecular weight is 734 g/mol. The third-order valence-electron chi connectivity index (χ3n) is 10.9. The highest BCUT2D eigenvalue weighted by Gasteiger charge is 2.42. The molecule has 0 radical (unpaired) electrons. The van der Waals surface area contributed by atoms with Gasteiger partial charge in [0.25, 0.3) is 0 Å². The Morgan fingerprint density at radius 2 is 0.607 bits per heavy atom. The Hall–Kier alpha value is -6.87. The Labute approximate surface area is 331 Å². The molecule has 266 valence electrons. The molecule has 0 spiro atoms. The van der Waals surface area contributed by atoms with Gasteiger partial charge < -0.3 is 4.90 Å². The second-order valence-electron chi connectivity index (χ2n) is 14.1. The number of nitrogens with zero attached hydrogens (tertiary/aromatic N) is 1. The molecule has 0 aromatic heterocycles. The van der Waals surface area contributed by atoms with Crippen molar-refractivity contribution in [3.05, 3.63) is 237 Å². The van der Waals surface area contributed by atoms with Crippen molar-refractivity contribution in [2.45, 2.75) is 19.6 Å². The second-order valence-corrected chi connectivity index (χ2v) is 17.2. The van der Waals surface area contributed by atoms with Crippen LogP contribution in [0.2, 0.25) is 0 Å². The summed E-state index contributed by atoms with van der Waals surface area (Å²) in [7, 11) is -1.72. The Balaban J connectivity index is 1.09. The minimum absolute atomic E-state index is 1.11. The molecule has 9 aromatic rings. The van der Waals surface area contributed by atoms with Crippen molar-refractivity contribution in [1.82, 2.24) is 0 Å². The fourth-order valence-corrected chi connectivity index (χ4v) is 12.6. The summed E-state index contributed by atoms with van der Waals surface area (Å²) in [6, 6.07) is 86.5. The molecule has 0 amide bonds. The molecule has 0 unspecified atom stereocenters. The Morgan fingerprint density at radius 1 is 0.250 bits per heavy atom. The van der Waals surface area contributed by atoms with Crippen molar-refractivity contribution in [1.29, 1.82) is 0 Å². The van der Waals surface area contributed by atoms with Gasteiger partial charge in [0.15, 0.2) is 0 Å². The van der Waals surface area contributed by atoms with Gasteiger partial charge in [0.1, 0.15) is 0 Å². The summed E-state index contributed by atoms with van der Waals surface area (Å²) < 4.78 is 0. The predicted octanol–water partition coefficient (Wildman–Crippen LogP) is 15.5. The van der Waals surface area contributed by atoms with E-state index in [1.54, 1.807) is 0 Å². The molecule has 2 heteroatoms. The van der Waals surface area contributed by atoms with Gasteiger partial charge in [-0.2, -0.15) is 0 Å². The smallest absolute Gasteiger partial charge is 0.0462 e. The fraction of sp³-hybridized carbons (Fsp3) is 0. The number of hydrogen-bond acceptors (Lipinski definition) is 1. The fourth-order valence-electron chi connectivity index (χ4n) is 8.36. The van der Waals surface area contributed by atoms with Gasteiger partial charge in [-0.15, -0.1) is 10.0 Å². The van der Waals surface area contributed by atoms with Crippen LogP contribution in [0, 0.1) is 0 Å². The molecule has 10 rings (SSSR count). The van der Waals surface area contributed by atoms with Crippen LogP contribution in [-0.4, -0.2) is 0 Å². The van der Waals surface area contributed by atoms with Gasteiger partial charge in [0.2, 0.25) is 0 Å². The molecule has 1 nitrogen and oxygen atoms in total. The minimum Gasteiger partial charge on any atom is -0.311 e. The first-order valence-electron chi connectivity index (χ1n) is 19.2. The largest absolute Gasteiger partial charge is 0.311 e. The van der Waals surface area contributed by atoms with E-state index in [1.165, 1.54) is 64.1 Å². The third-order valence-corrected chi connectivity index (χ3v) is 14.9. The van der Waals surface area contributed by atoms with Crippen LogP contribution in [0.3, 0.4) is 0 Å². The first-order chi connectivity index (χ1) is 27.8. The zero-order chi connectivity index (χ0) is 37.3. The SMILES string of the molecule is c1ccc(-c2ccc(N(c3ccc(-c4ccccc4)cc3)c3ccc(-c4cccc5c4-c4ccccc4S5(c4ccccc4)c4ccccc4)cc3)cc2)cc1. The number of rotatable bonds is 8. The third kappa shape index (κ3) is 5.74. The Morgan fingerprint density at radius 3 is 1.09 bits per heavy atom. The first-order valence-corrected chi connectivity index (χ1v) is 20.8. The lowest BCUT2D eigenvalue weighted by Crippen LogP contribution is -2.09. The van der Waals surface area contributed by atoms with E-state index < -0.39 is 10.0 Å². The van der Waals surface area contributed by atoms with Gasteiger partial charge in [-0.05, 0) is 112 Å². The van der Waals surface area contributed by atoms with Crippen molar-refractivity contribution in [3.8, 4) is 44.5 Å². The highest BCUT2D eigenvalue weighted by molar-refractivity contribution is 8.34. The summed E-state index contributed by atoms with van der Waals surface area (Å²) in [4.78, 5) is 7.88. The van der Waals surface area contributed by atoms with E-state index in [0.717, 1.165) is 17.1 Å². The van der Waals surface area contributed by atoms with Crippen LogP contribution in [0.1, 0.15) is 0 Å². The highest BCUT2D eigenvalue weighted by atomic mass is 32.3. The van der Waals surface area contributed by atoms with Gasteiger partial charge in [-0.1, -0.05) is 164 Å². The lowest BCUT2D eigenvalue weighted by atomic mass is 9.94. The molecule has 56 heavy (non-hydrogen) atoms. The van der Waals surface area contributed by atoms with Crippen LogP contribution in [0.4, 0.5) is 17.1 Å². The Bertz CT molecular complexity index is 2620. The standard InChI is InChI=1S/C54H39NS/c1-5-16-40(17-6-1)42-28-34-45(35-29-42)55(46-36-30-43(31-37-46)41-18-7-2-8-19-41)47-38-32-44(33-39-47)50-25-15-27-53-54(50)51-24-13-14-26-52(51)56(53,48-20-9-3-10-21-48)49-22-11-4-12-23-49/h1-39H. The number of hydrogen-bond donors (Lipinski definition) is 0. The maximum atomic E-state index is 2.38. The molecule has 0 fully saturated rings. The molecule has 1 aliphatic heterocycles. The van der Waals surface area contributed by atoms with Crippen LogP contribution in [0.25, 0.3) is 44.5 Å². The van der Waals surface area contributed by atoms with E-state index in [1.807, 2.05) is 0 Å². The maximum absolute atomic E-state index is 2.38. The van der Waals surface area contributed by atoms with Gasteiger partial charge in [0, 0.05) is 42.2 Å². The summed E-state index contributed by atoms with van der Waals surface area (Å²) >= 11 is 0. The van der Waals surface area contributed by atoms with Gasteiger partial charge in [-0.3, -0.25) is 0 Å². The second kappa shape index (κ2) is 14.4. The molecule has 0 saturated carbocycles. The monoisotopic (exact) mass is 733 g/mol. The lowest BCUT2D eigenvalue weighted by molar-refractivity contribution is 1.28. The van der Waals surface area contributed by atoms with Crippen molar-refractivity contribution in [3.63, 3.8) is 0 Å². The quantitative estimate of drug-likeness (QED) is 0.150. The van der Waals surface area contributed by atoms with Crippen molar-refractivity contribution >= 4 is 27.1 Å². The van der Waals surface area contributed by atoms with Crippen molar-refractivity contribution < 1.29 is 0 Å². The summed E-state index contributed by atoms with van der Waals surface area (Å²) in [6.45, 7) is 0. The van der Waals surface area contributed by atoms with Gasteiger partial charge in [-0.25, -0.2) is 0 Å². The summed E-state index contributed by atoms with van der Waals surface area (Å²) in [5.41, 5.74) is 13.3. The zero-order valence-electron chi connectivity index (χ0n) is 30.9. The average Bonchev–Trinajstić information content (AvgIpc) is 3.60. The molecule has 9 aromatic carbocycles. The molecule has 0 saturated heterocycles. The first kappa shape index (κ1) is 33.7. The van der Waals surface area contributed by atoms with Crippen LogP contribution < -0.4 is 4.90 Å². The van der Waals surface area contributed by atoms with Crippen LogP contribution in [0.5, 0.6) is 0 Å². The summed E-state index contributed by atoms with van der Waals surface area (Å²) in [5.74, 6) is 0. The minimum atomic E-state index is -1.72. The number of benzene rings is 9. The molecular weight excluding hydrogens is 695 g/mol. The molecule has 1 aliphatic rings. The number of anilines is 3. The Kier molecular flexibility index (Phi) is 8.67. The molecule has 0 bridgehead atoms. The van der Waals surface area contributed by atoms with Crippen LogP contribution >= 0.6 is 10.0 Å². The normalized spacial score (nSPS) is 13.0. The lowest BCUT2D eigenvalue weighted by Gasteiger charge is -2.39. The van der Waals surface area contributed by atoms with Crippen molar-refractivity contribution in [2.75, 3.05) is 4.90 Å². The van der Waals surface area contributed by atoms with E-state index in [4.69, 9.17) is 0 Å². The number of fused-ring (bicyclic) bond motifs is 3. The summed E-state index contributed by atoms with van der Waals surface area (Å²) in [6.07, 6.45) is 0. The maximum Gasteiger partial charge on any atom is 0.0462 e. The molecule has 0 atom stereocenters. The molecule has 0 aliphatic carbocycles. The van der Waals surface area contributed by atoms with E-state index in [-0.39, 0.29) is 0 Å². The highest BCUT2D eigenvalue weighted by Crippen LogP contribution is 2.80. The molecule has 0 N–H and O–H groups in total. The zero-order valence-corrected chi connectivity index (χ0v) is 31.7. The van der Waals surface area contributed by atoms with Gasteiger partial charge >= 0.3 is 0 Å². The van der Waals surface area contributed by atoms with Gasteiger partial charge in [0.05, 0.1) is 0 Å². The predicted molar refractivity (Wildman–Crippen MR) is 236 cm³/mol. The summed E-state index contributed by atoms with van der Waals surface area (Å²) in [5, 5.41) is 0. The topological polar surface area (TPSA) is 3.24 Å². The van der Waals surface area contributed by atoms with Crippen LogP contribution in [0.15, 0.2) is 256 Å². The van der Waals surface area contributed by atoms with E-state index in [9.17, 15) is 0 Å². The van der Waals surface area contributed by atoms with Crippen molar-refractivity contribution in [2.24, 2.45) is 0 Å².